The molecule has 18 heavy (non-hydrogen) atoms. The summed E-state index contributed by atoms with van der Waals surface area (Å²) in [5, 5.41) is 0. The zero-order valence-corrected chi connectivity index (χ0v) is 10.9. The molecule has 1 aliphatic heterocycles. The third-order valence-corrected chi connectivity index (χ3v) is 3.41. The van der Waals surface area contributed by atoms with Crippen molar-refractivity contribution in [2.75, 3.05) is 33.2 Å². The predicted molar refractivity (Wildman–Crippen MR) is 69.4 cm³/mol. The van der Waals surface area contributed by atoms with E-state index in [9.17, 15) is 9.18 Å². The highest BCUT2D eigenvalue weighted by Gasteiger charge is 2.20. The van der Waals surface area contributed by atoms with Crippen LogP contribution < -0.4 is 0 Å². The van der Waals surface area contributed by atoms with Gasteiger partial charge in [-0.2, -0.15) is 0 Å². The molecular formula is C14H19FN2O. The Labute approximate surface area is 107 Å². The number of nitrogens with zero attached hydrogens (tertiary/aromatic N) is 2. The van der Waals surface area contributed by atoms with Gasteiger partial charge < -0.3 is 9.80 Å². The van der Waals surface area contributed by atoms with Crippen molar-refractivity contribution in [2.24, 2.45) is 0 Å². The number of hydrogen-bond acceptors (Lipinski definition) is 2. The first kappa shape index (κ1) is 13.0. The van der Waals surface area contributed by atoms with E-state index in [2.05, 4.69) is 11.9 Å². The Morgan fingerprint density at radius 2 is 1.72 bits per heavy atom. The van der Waals surface area contributed by atoms with Gasteiger partial charge in [0.05, 0.1) is 0 Å². The zero-order valence-electron chi connectivity index (χ0n) is 10.9. The van der Waals surface area contributed by atoms with Gasteiger partial charge in [0, 0.05) is 31.7 Å². The lowest BCUT2D eigenvalue weighted by Crippen LogP contribution is -2.47. The maximum absolute atomic E-state index is 13.1. The van der Waals surface area contributed by atoms with Gasteiger partial charge in [-0.05, 0) is 31.7 Å². The maximum Gasteiger partial charge on any atom is 0.253 e. The molecule has 1 aliphatic rings. The number of benzene rings is 1. The number of alkyl halides is 1. The van der Waals surface area contributed by atoms with Crippen LogP contribution in [0.5, 0.6) is 0 Å². The average Bonchev–Trinajstić information content (AvgIpc) is 2.39. The molecule has 0 N–H and O–H groups in total. The fraction of sp³-hybridized carbons (Fsp3) is 0.500. The topological polar surface area (TPSA) is 23.6 Å². The summed E-state index contributed by atoms with van der Waals surface area (Å²) in [6.45, 7) is 4.83. The van der Waals surface area contributed by atoms with Gasteiger partial charge in [-0.1, -0.05) is 12.1 Å². The minimum absolute atomic E-state index is 0.0427. The molecule has 1 atom stereocenters. The number of piperazine rings is 1. The summed E-state index contributed by atoms with van der Waals surface area (Å²) in [5.74, 6) is 0.0427. The summed E-state index contributed by atoms with van der Waals surface area (Å²) in [6, 6.07) is 6.81. The summed E-state index contributed by atoms with van der Waals surface area (Å²) < 4.78 is 13.1. The lowest BCUT2D eigenvalue weighted by Gasteiger charge is -2.32. The van der Waals surface area contributed by atoms with Gasteiger partial charge in [0.2, 0.25) is 0 Å². The standard InChI is InChI=1S/C14H19FN2O/c1-11(15)12-3-5-13(6-4-12)14(18)17-9-7-16(2)8-10-17/h3-6,11H,7-10H2,1-2H3/t11-/m0/s1. The smallest absolute Gasteiger partial charge is 0.253 e. The van der Waals surface area contributed by atoms with Crippen molar-refractivity contribution in [3.63, 3.8) is 0 Å². The number of rotatable bonds is 2. The molecule has 0 spiro atoms. The van der Waals surface area contributed by atoms with Gasteiger partial charge >= 0.3 is 0 Å². The molecule has 1 amide bonds. The van der Waals surface area contributed by atoms with E-state index in [0.717, 1.165) is 26.2 Å². The van der Waals surface area contributed by atoms with E-state index in [1.54, 1.807) is 24.3 Å². The SMILES string of the molecule is C[C@H](F)c1ccc(C(=O)N2CCN(C)CC2)cc1. The summed E-state index contributed by atoms with van der Waals surface area (Å²) in [5.41, 5.74) is 1.26. The highest BCUT2D eigenvalue weighted by molar-refractivity contribution is 5.94. The third kappa shape index (κ3) is 2.88. The highest BCUT2D eigenvalue weighted by Crippen LogP contribution is 2.17. The van der Waals surface area contributed by atoms with Crippen molar-refractivity contribution < 1.29 is 9.18 Å². The molecule has 1 fully saturated rings. The molecule has 0 bridgehead atoms. The Hall–Kier alpha value is -1.42. The Balaban J connectivity index is 2.04. The van der Waals surface area contributed by atoms with Gasteiger partial charge in [-0.15, -0.1) is 0 Å². The van der Waals surface area contributed by atoms with E-state index in [4.69, 9.17) is 0 Å². The quantitative estimate of drug-likeness (QED) is 0.802. The molecule has 1 heterocycles. The minimum atomic E-state index is -0.988. The van der Waals surface area contributed by atoms with Crippen LogP contribution in [0.3, 0.4) is 0 Å². The fourth-order valence-electron chi connectivity index (χ4n) is 2.08. The molecule has 1 saturated heterocycles. The van der Waals surface area contributed by atoms with Crippen molar-refractivity contribution in [1.29, 1.82) is 0 Å². The van der Waals surface area contributed by atoms with E-state index < -0.39 is 6.17 Å². The second kappa shape index (κ2) is 5.48. The van der Waals surface area contributed by atoms with Gasteiger partial charge in [-0.3, -0.25) is 4.79 Å². The van der Waals surface area contributed by atoms with E-state index >= 15 is 0 Å². The molecule has 0 aliphatic carbocycles. The summed E-state index contributed by atoms with van der Waals surface area (Å²) in [4.78, 5) is 16.3. The van der Waals surface area contributed by atoms with Crippen LogP contribution in [0.15, 0.2) is 24.3 Å². The van der Waals surface area contributed by atoms with Gasteiger partial charge in [-0.25, -0.2) is 4.39 Å². The minimum Gasteiger partial charge on any atom is -0.336 e. The molecular weight excluding hydrogens is 231 g/mol. The Morgan fingerprint density at radius 3 is 2.22 bits per heavy atom. The molecule has 0 saturated carbocycles. The predicted octanol–water partition coefficient (Wildman–Crippen LogP) is 2.10. The summed E-state index contributed by atoms with van der Waals surface area (Å²) in [7, 11) is 2.05. The van der Waals surface area contributed by atoms with Crippen LogP contribution in [0.2, 0.25) is 0 Å². The van der Waals surface area contributed by atoms with Crippen molar-refractivity contribution >= 4 is 5.91 Å². The maximum atomic E-state index is 13.1. The van der Waals surface area contributed by atoms with E-state index in [1.807, 2.05) is 4.90 Å². The largest absolute Gasteiger partial charge is 0.336 e. The van der Waals surface area contributed by atoms with Crippen LogP contribution in [-0.2, 0) is 0 Å². The fourth-order valence-corrected chi connectivity index (χ4v) is 2.08. The molecule has 3 nitrogen and oxygen atoms in total. The second-order valence-electron chi connectivity index (χ2n) is 4.83. The highest BCUT2D eigenvalue weighted by atomic mass is 19.1. The average molecular weight is 250 g/mol. The van der Waals surface area contributed by atoms with Crippen LogP contribution in [-0.4, -0.2) is 48.9 Å². The van der Waals surface area contributed by atoms with Crippen LogP contribution in [0, 0.1) is 0 Å². The van der Waals surface area contributed by atoms with Crippen LogP contribution in [0.4, 0.5) is 4.39 Å². The number of hydrogen-bond donors (Lipinski definition) is 0. The number of halogens is 1. The normalized spacial score (nSPS) is 18.7. The van der Waals surface area contributed by atoms with Crippen molar-refractivity contribution in [1.82, 2.24) is 9.80 Å². The zero-order chi connectivity index (χ0) is 13.1. The number of carbonyl (C=O) groups excluding carboxylic acids is 1. The molecule has 98 valence electrons. The Kier molecular flexibility index (Phi) is 3.97. The molecule has 0 radical (unpaired) electrons. The number of likely N-dealkylation sites (N-methyl/N-ethyl adjacent to an activating group) is 1. The lowest BCUT2D eigenvalue weighted by atomic mass is 10.1. The van der Waals surface area contributed by atoms with E-state index in [-0.39, 0.29) is 5.91 Å². The third-order valence-electron chi connectivity index (χ3n) is 3.41. The van der Waals surface area contributed by atoms with Crippen LogP contribution >= 0.6 is 0 Å². The van der Waals surface area contributed by atoms with Crippen LogP contribution in [0.25, 0.3) is 0 Å². The number of carbonyl (C=O) groups is 1. The van der Waals surface area contributed by atoms with Gasteiger partial charge in [0.1, 0.15) is 6.17 Å². The molecule has 4 heteroatoms. The molecule has 1 aromatic carbocycles. The molecule has 0 aromatic heterocycles. The van der Waals surface area contributed by atoms with Crippen molar-refractivity contribution in [3.05, 3.63) is 35.4 Å². The first-order chi connectivity index (χ1) is 8.58. The lowest BCUT2D eigenvalue weighted by molar-refractivity contribution is 0.0664. The van der Waals surface area contributed by atoms with Crippen molar-refractivity contribution in [2.45, 2.75) is 13.1 Å². The second-order valence-corrected chi connectivity index (χ2v) is 4.83. The van der Waals surface area contributed by atoms with Crippen molar-refractivity contribution in [3.8, 4) is 0 Å². The Morgan fingerprint density at radius 1 is 1.17 bits per heavy atom. The number of amides is 1. The van der Waals surface area contributed by atoms with Crippen LogP contribution in [0.1, 0.15) is 29.0 Å². The van der Waals surface area contributed by atoms with Gasteiger partial charge in [0.15, 0.2) is 0 Å². The van der Waals surface area contributed by atoms with Gasteiger partial charge in [0.25, 0.3) is 5.91 Å². The molecule has 1 aromatic rings. The first-order valence-corrected chi connectivity index (χ1v) is 6.30. The Bertz CT molecular complexity index is 408. The van der Waals surface area contributed by atoms with E-state index in [0.29, 0.717) is 11.1 Å². The monoisotopic (exact) mass is 250 g/mol. The molecule has 2 rings (SSSR count). The van der Waals surface area contributed by atoms with E-state index in [1.165, 1.54) is 6.92 Å². The summed E-state index contributed by atoms with van der Waals surface area (Å²) >= 11 is 0. The molecule has 0 unspecified atom stereocenters. The summed E-state index contributed by atoms with van der Waals surface area (Å²) in [6.07, 6.45) is -0.988. The first-order valence-electron chi connectivity index (χ1n) is 6.30.